The van der Waals surface area contributed by atoms with Crippen LogP contribution < -0.4 is 0 Å². The fraction of sp³-hybridized carbons (Fsp3) is 1.00. The van der Waals surface area contributed by atoms with Crippen LogP contribution in [0, 0.1) is 0 Å². The van der Waals surface area contributed by atoms with Gasteiger partial charge in [0.2, 0.25) is 0 Å². The highest BCUT2D eigenvalue weighted by Gasteiger charge is 3.07. The largest absolute Gasteiger partial charge is 0.254 e. The van der Waals surface area contributed by atoms with Crippen molar-refractivity contribution in [2.75, 3.05) is 0 Å². The summed E-state index contributed by atoms with van der Waals surface area (Å²) in [6.45, 7) is 0. The third kappa shape index (κ3) is 0.195. The molecule has 64 valence electrons. The molecule has 0 amide bonds. The van der Waals surface area contributed by atoms with Crippen molar-refractivity contribution < 1.29 is 0 Å². The predicted molar refractivity (Wildman–Crippen MR) is 32.3 cm³/mol. The molecule has 0 saturated carbocycles. The Labute approximate surface area is 71.0 Å². The Bertz CT molecular complexity index is 399. The van der Waals surface area contributed by atoms with Crippen molar-refractivity contribution in [1.29, 1.82) is 0 Å². The van der Waals surface area contributed by atoms with Crippen molar-refractivity contribution >= 4 is 0 Å². The van der Waals surface area contributed by atoms with Crippen molar-refractivity contribution in [3.8, 4) is 0 Å². The molecule has 0 N–H and O–H groups in total. The molecule has 1 aromatic rings. The van der Waals surface area contributed by atoms with Crippen molar-refractivity contribution in [2.45, 2.75) is 24.0 Å². The van der Waals surface area contributed by atoms with Gasteiger partial charge in [0.15, 0.2) is 0 Å². The molecule has 0 aromatic carbocycles. The first kappa shape index (κ1) is 4.91. The molecule has 7 rings (SSSR count). The highest BCUT2D eigenvalue weighted by Crippen LogP contribution is 2.82. The van der Waals surface area contributed by atoms with E-state index in [-0.39, 0.29) is 5.79 Å². The van der Waals surface area contributed by atoms with Gasteiger partial charge in [-0.1, -0.05) is 0 Å². The molecule has 0 bridgehead atoms. The van der Waals surface area contributed by atoms with E-state index < -0.39 is 0 Å². The molecule has 4 atom stereocenters. The fourth-order valence-electron chi connectivity index (χ4n) is 3.55. The summed E-state index contributed by atoms with van der Waals surface area (Å²) < 4.78 is 0. The Morgan fingerprint density at radius 2 is 2.00 bits per heavy atom. The van der Waals surface area contributed by atoms with Crippen LogP contribution in [0.15, 0.2) is 0 Å². The van der Waals surface area contributed by atoms with Crippen LogP contribution >= 0.6 is 0 Å². The molecule has 0 aliphatic carbocycles. The van der Waals surface area contributed by atoms with Gasteiger partial charge in [0, 0.05) is 0 Å². The van der Waals surface area contributed by atoms with Gasteiger partial charge in [-0.2, -0.15) is 10.0 Å². The lowest BCUT2D eigenvalue weighted by Crippen LogP contribution is -3.30. The van der Waals surface area contributed by atoms with E-state index in [2.05, 4.69) is 41.1 Å². The lowest BCUT2D eigenvalue weighted by atomic mass is 9.64. The minimum absolute atomic E-state index is 0.122. The molecular weight excluding hydrogens is 174 g/mol. The van der Waals surface area contributed by atoms with Gasteiger partial charge < -0.3 is 0 Å². The molecule has 6 aliphatic rings. The van der Waals surface area contributed by atoms with Crippen LogP contribution in [-0.2, 0) is 5.79 Å². The minimum atomic E-state index is -0.122. The summed E-state index contributed by atoms with van der Waals surface area (Å²) in [6, 6.07) is 1.30. The average Bonchev–Trinajstić information content (AvgIpc) is 2.71. The molecule has 0 spiro atoms. The number of piperazine rings is 1. The van der Waals surface area contributed by atoms with Crippen molar-refractivity contribution in [2.24, 2.45) is 0 Å². The van der Waals surface area contributed by atoms with Crippen LogP contribution in [0.25, 0.3) is 0 Å². The third-order valence-electron chi connectivity index (χ3n) is 3.95. The summed E-state index contributed by atoms with van der Waals surface area (Å²) in [5.74, 6) is -0.122. The van der Waals surface area contributed by atoms with E-state index >= 15 is 0 Å². The zero-order chi connectivity index (χ0) is 7.95. The molecule has 9 heteroatoms. The van der Waals surface area contributed by atoms with Gasteiger partial charge in [0.1, 0.15) is 12.2 Å². The number of hydrazine groups is 3. The first-order valence-corrected chi connectivity index (χ1v) is 4.26. The van der Waals surface area contributed by atoms with Crippen LogP contribution in [0.1, 0.15) is 0 Å². The van der Waals surface area contributed by atoms with Crippen LogP contribution in [0.3, 0.4) is 0 Å². The zero-order valence-electron chi connectivity index (χ0n) is 6.26. The first-order valence-electron chi connectivity index (χ1n) is 4.26. The number of hydrogen-bond donors (Lipinski definition) is 0. The lowest BCUT2D eigenvalue weighted by Gasteiger charge is -3.06. The third-order valence-corrected chi connectivity index (χ3v) is 3.95. The summed E-state index contributed by atoms with van der Waals surface area (Å²) in [5, 5.41) is 23.8. The van der Waals surface area contributed by atoms with E-state index in [1.165, 1.54) is 0 Å². The number of nitrogens with zero attached hydrogens (tertiary/aromatic N) is 9. The maximum Gasteiger partial charge on any atom is 0.254 e. The maximum absolute atomic E-state index is 3.87. The Morgan fingerprint density at radius 1 is 1.15 bits per heavy atom. The Morgan fingerprint density at radius 3 is 2.54 bits per heavy atom. The Balaban J connectivity index is 1.65. The number of rotatable bonds is 1. The molecule has 7 heterocycles. The summed E-state index contributed by atoms with van der Waals surface area (Å²) in [5.41, 5.74) is 0. The average molecular weight is 177 g/mol. The van der Waals surface area contributed by atoms with Crippen molar-refractivity contribution in [3.05, 3.63) is 0 Å². The van der Waals surface area contributed by atoms with Crippen LogP contribution in [-0.4, -0.2) is 64.2 Å². The van der Waals surface area contributed by atoms with Gasteiger partial charge in [-0.25, -0.2) is 0 Å². The highest BCUT2D eigenvalue weighted by atomic mass is 16.4. The predicted octanol–water partition coefficient (Wildman–Crippen LogP) is -3.24. The van der Waals surface area contributed by atoms with Gasteiger partial charge in [-0.3, -0.25) is 0 Å². The summed E-state index contributed by atoms with van der Waals surface area (Å²) in [6.07, 6.45) is 0.670. The van der Waals surface area contributed by atoms with Crippen LogP contribution in [0.2, 0.25) is 0 Å². The van der Waals surface area contributed by atoms with Gasteiger partial charge in [0.25, 0.3) is 5.79 Å². The summed E-state index contributed by atoms with van der Waals surface area (Å²) in [7, 11) is 0. The van der Waals surface area contributed by atoms with Gasteiger partial charge in [-0.15, -0.1) is 15.0 Å². The zero-order valence-corrected chi connectivity index (χ0v) is 6.26. The number of hydrogen-bond acceptors (Lipinski definition) is 8. The monoisotopic (exact) mass is 177 g/mol. The summed E-state index contributed by atoms with van der Waals surface area (Å²) in [4.78, 5) is 1.61. The fourth-order valence-corrected chi connectivity index (χ4v) is 3.55. The second kappa shape index (κ2) is 0.973. The normalized spacial score (nSPS) is 60.2. The van der Waals surface area contributed by atoms with E-state index in [1.54, 1.807) is 4.80 Å². The lowest BCUT2D eigenvalue weighted by molar-refractivity contribution is -0.846. The van der Waals surface area contributed by atoms with E-state index in [0.717, 1.165) is 6.04 Å². The molecular formula is C4H3N9. The van der Waals surface area contributed by atoms with E-state index in [0.29, 0.717) is 12.2 Å². The van der Waals surface area contributed by atoms with E-state index in [1.807, 2.05) is 0 Å². The van der Waals surface area contributed by atoms with Crippen LogP contribution in [0.4, 0.5) is 0 Å². The molecule has 0 radical (unpaired) electrons. The second-order valence-electron chi connectivity index (χ2n) is 4.02. The quantitative estimate of drug-likeness (QED) is 0.443. The van der Waals surface area contributed by atoms with Gasteiger partial charge in [0.05, 0.1) is 6.04 Å². The molecule has 6 saturated heterocycles. The SMILES string of the molecule is n1nnn(C23C4C5C6N4N2N6N53)n1. The van der Waals surface area contributed by atoms with E-state index in [9.17, 15) is 0 Å². The molecule has 6 fully saturated rings. The Kier molecular flexibility index (Phi) is 0.367. The van der Waals surface area contributed by atoms with Crippen molar-refractivity contribution in [1.82, 2.24) is 45.9 Å². The summed E-state index contributed by atoms with van der Waals surface area (Å²) >= 11 is 0. The molecule has 4 unspecified atom stereocenters. The first-order chi connectivity index (χ1) is 6.47. The van der Waals surface area contributed by atoms with Crippen molar-refractivity contribution in [3.63, 3.8) is 0 Å². The van der Waals surface area contributed by atoms with Gasteiger partial charge in [-0.05, 0) is 20.9 Å². The molecule has 1 aromatic heterocycles. The number of aromatic nitrogens is 5. The Hall–Kier alpha value is -1.16. The van der Waals surface area contributed by atoms with Gasteiger partial charge >= 0.3 is 0 Å². The topological polar surface area (TPSA) is 69.5 Å². The van der Waals surface area contributed by atoms with Crippen LogP contribution in [0.5, 0.6) is 0 Å². The molecule has 13 heavy (non-hydrogen) atoms. The highest BCUT2D eigenvalue weighted by molar-refractivity contribution is 5.40. The standard InChI is InChI=1S/C4H3N9/c5-6-8-12(7-5)4-2-1-3-9(2)13(4)11(3)10(1)4/h1-3H. The minimum Gasteiger partial charge on any atom is -0.191 e. The molecule has 6 aliphatic heterocycles. The smallest absolute Gasteiger partial charge is 0.191 e. The van der Waals surface area contributed by atoms with E-state index in [4.69, 9.17) is 0 Å². The molecule has 9 nitrogen and oxygen atoms in total. The second-order valence-corrected chi connectivity index (χ2v) is 4.02. The maximum atomic E-state index is 3.87.